The normalized spacial score (nSPS) is 21.0. The Kier molecular flexibility index (Phi) is 6.99. The average molecular weight is 390 g/mol. The third-order valence-electron chi connectivity index (χ3n) is 3.52. The fraction of sp³-hybridized carbons (Fsp3) is 0.750. The number of nitrogens with zero attached hydrogens (tertiary/aromatic N) is 1. The van der Waals surface area contributed by atoms with Gasteiger partial charge in [-0.25, -0.2) is 4.79 Å². The van der Waals surface area contributed by atoms with Gasteiger partial charge in [0.15, 0.2) is 6.29 Å². The summed E-state index contributed by atoms with van der Waals surface area (Å²) in [5.41, 5.74) is -0.491. The number of hydrogen-bond donors (Lipinski definition) is 1. The Hall–Kier alpha value is -1.25. The molecule has 26 heavy (non-hydrogen) atoms. The van der Waals surface area contributed by atoms with Crippen LogP contribution in [0.15, 0.2) is 15.8 Å². The summed E-state index contributed by atoms with van der Waals surface area (Å²) in [4.78, 5) is 25.5. The van der Waals surface area contributed by atoms with Gasteiger partial charge >= 0.3 is 13.3 Å². The summed E-state index contributed by atoms with van der Waals surface area (Å²) >= 11 is 0. The van der Waals surface area contributed by atoms with E-state index in [1.807, 2.05) is 0 Å². The molecule has 0 aromatic carbocycles. The standard InChI is InChI=1S/C16H27N2O7P/c1-10(2)24-26(21,25-11(3)4)9-14-22-8-13(23-14)7-18-6-12(5)15(19)17-16(18)20/h6,10-11,13-14H,7-9H2,1-5H3,(H,17,19,20)/t13-,14+/m0/s1. The lowest BCUT2D eigenvalue weighted by atomic mass is 10.3. The van der Waals surface area contributed by atoms with Crippen LogP contribution in [0.25, 0.3) is 0 Å². The summed E-state index contributed by atoms with van der Waals surface area (Å²) in [6, 6.07) is 0. The second-order valence-corrected chi connectivity index (χ2v) is 8.86. The van der Waals surface area contributed by atoms with Gasteiger partial charge in [-0.15, -0.1) is 0 Å². The largest absolute Gasteiger partial charge is 0.349 e. The summed E-state index contributed by atoms with van der Waals surface area (Å²) < 4.78 is 36.5. The van der Waals surface area contributed by atoms with Crippen LogP contribution in [0.3, 0.4) is 0 Å². The lowest BCUT2D eigenvalue weighted by molar-refractivity contribution is -0.0469. The van der Waals surface area contributed by atoms with Gasteiger partial charge in [0.2, 0.25) is 0 Å². The number of aryl methyl sites for hydroxylation is 1. The summed E-state index contributed by atoms with van der Waals surface area (Å²) in [5, 5.41) is 0. The van der Waals surface area contributed by atoms with Crippen molar-refractivity contribution in [2.24, 2.45) is 0 Å². The Labute approximate surface area is 152 Å². The first-order valence-corrected chi connectivity index (χ1v) is 10.3. The smallest absolute Gasteiger partial charge is 0.336 e. The number of hydrogen-bond acceptors (Lipinski definition) is 7. The van der Waals surface area contributed by atoms with E-state index in [0.717, 1.165) is 0 Å². The molecule has 1 aromatic heterocycles. The molecule has 0 aliphatic carbocycles. The van der Waals surface area contributed by atoms with Crippen LogP contribution in [0.2, 0.25) is 0 Å². The molecular weight excluding hydrogens is 363 g/mol. The second-order valence-electron chi connectivity index (χ2n) is 6.85. The molecule has 10 heteroatoms. The molecule has 0 radical (unpaired) electrons. The molecule has 0 spiro atoms. The van der Waals surface area contributed by atoms with Crippen molar-refractivity contribution >= 4 is 7.60 Å². The van der Waals surface area contributed by atoms with Gasteiger partial charge in [-0.2, -0.15) is 0 Å². The third-order valence-corrected chi connectivity index (χ3v) is 5.75. The Morgan fingerprint density at radius 2 is 1.88 bits per heavy atom. The fourth-order valence-electron chi connectivity index (χ4n) is 2.61. The van der Waals surface area contributed by atoms with Crippen LogP contribution in [0, 0.1) is 6.92 Å². The van der Waals surface area contributed by atoms with E-state index in [4.69, 9.17) is 18.5 Å². The summed E-state index contributed by atoms with van der Waals surface area (Å²) in [6.07, 6.45) is -0.234. The minimum Gasteiger partial charge on any atom is -0.349 e. The van der Waals surface area contributed by atoms with Crippen LogP contribution in [0.4, 0.5) is 0 Å². The van der Waals surface area contributed by atoms with Crippen molar-refractivity contribution in [3.63, 3.8) is 0 Å². The van der Waals surface area contributed by atoms with Crippen molar-refractivity contribution < 1.29 is 23.1 Å². The highest BCUT2D eigenvalue weighted by Crippen LogP contribution is 2.51. The van der Waals surface area contributed by atoms with Crippen molar-refractivity contribution in [2.45, 2.75) is 65.8 Å². The van der Waals surface area contributed by atoms with Crippen molar-refractivity contribution in [1.82, 2.24) is 9.55 Å². The van der Waals surface area contributed by atoms with E-state index in [9.17, 15) is 14.2 Å². The lowest BCUT2D eigenvalue weighted by Gasteiger charge is -2.24. The molecule has 1 aliphatic rings. The van der Waals surface area contributed by atoms with Crippen LogP contribution >= 0.6 is 7.60 Å². The Morgan fingerprint density at radius 1 is 1.27 bits per heavy atom. The molecule has 2 atom stereocenters. The van der Waals surface area contributed by atoms with Crippen LogP contribution < -0.4 is 11.2 Å². The van der Waals surface area contributed by atoms with E-state index in [-0.39, 0.29) is 31.5 Å². The van der Waals surface area contributed by atoms with Gasteiger partial charge in [0.25, 0.3) is 5.56 Å². The van der Waals surface area contributed by atoms with Crippen LogP contribution in [0.1, 0.15) is 33.3 Å². The molecule has 2 rings (SSSR count). The van der Waals surface area contributed by atoms with E-state index in [1.54, 1.807) is 34.6 Å². The molecule has 9 nitrogen and oxygen atoms in total. The zero-order valence-corrected chi connectivity index (χ0v) is 16.7. The Morgan fingerprint density at radius 3 is 2.46 bits per heavy atom. The lowest BCUT2D eigenvalue weighted by Crippen LogP contribution is -2.34. The number of rotatable bonds is 8. The van der Waals surface area contributed by atoms with E-state index in [1.165, 1.54) is 10.8 Å². The number of ether oxygens (including phenoxy) is 2. The van der Waals surface area contributed by atoms with E-state index >= 15 is 0 Å². The van der Waals surface area contributed by atoms with Crippen LogP contribution in [0.5, 0.6) is 0 Å². The average Bonchev–Trinajstić information content (AvgIpc) is 2.89. The molecule has 1 N–H and O–H groups in total. The fourth-order valence-corrected chi connectivity index (χ4v) is 4.67. The van der Waals surface area contributed by atoms with Gasteiger partial charge in [-0.1, -0.05) is 0 Å². The number of aromatic nitrogens is 2. The highest BCUT2D eigenvalue weighted by molar-refractivity contribution is 7.53. The predicted molar refractivity (Wildman–Crippen MR) is 95.6 cm³/mol. The molecule has 1 fully saturated rings. The Balaban J connectivity index is 2.01. The molecule has 148 valence electrons. The van der Waals surface area contributed by atoms with Crippen molar-refractivity contribution in [3.05, 3.63) is 32.6 Å². The molecule has 1 saturated heterocycles. The maximum Gasteiger partial charge on any atom is 0.336 e. The zero-order chi connectivity index (χ0) is 19.5. The molecule has 0 amide bonds. The summed E-state index contributed by atoms with van der Waals surface area (Å²) in [5.74, 6) is 0. The minimum atomic E-state index is -3.38. The predicted octanol–water partition coefficient (Wildman–Crippen LogP) is 1.63. The van der Waals surface area contributed by atoms with Gasteiger partial charge in [0.1, 0.15) is 12.3 Å². The topological polar surface area (TPSA) is 109 Å². The van der Waals surface area contributed by atoms with Crippen molar-refractivity contribution in [2.75, 3.05) is 12.8 Å². The first kappa shape index (κ1) is 21.1. The number of H-pyrrole nitrogens is 1. The van der Waals surface area contributed by atoms with Crippen molar-refractivity contribution in [3.8, 4) is 0 Å². The van der Waals surface area contributed by atoms with Crippen molar-refractivity contribution in [1.29, 1.82) is 0 Å². The highest BCUT2D eigenvalue weighted by atomic mass is 31.2. The first-order chi connectivity index (χ1) is 12.1. The molecular formula is C16H27N2O7P. The summed E-state index contributed by atoms with van der Waals surface area (Å²) in [7, 11) is -3.38. The van der Waals surface area contributed by atoms with E-state index < -0.39 is 31.2 Å². The van der Waals surface area contributed by atoms with Gasteiger partial charge in [0.05, 0.1) is 25.4 Å². The maximum absolute atomic E-state index is 12.9. The molecule has 2 heterocycles. The van der Waals surface area contributed by atoms with Gasteiger partial charge in [-0.3, -0.25) is 18.9 Å². The summed E-state index contributed by atoms with van der Waals surface area (Å²) in [6.45, 7) is 9.18. The first-order valence-electron chi connectivity index (χ1n) is 8.61. The minimum absolute atomic E-state index is 0.0284. The van der Waals surface area contributed by atoms with E-state index in [0.29, 0.717) is 5.56 Å². The molecule has 1 aliphatic heterocycles. The number of nitrogens with one attached hydrogen (secondary N) is 1. The van der Waals surface area contributed by atoms with Crippen LogP contribution in [-0.2, 0) is 29.6 Å². The highest BCUT2D eigenvalue weighted by Gasteiger charge is 2.37. The number of aromatic amines is 1. The third kappa shape index (κ3) is 5.89. The SMILES string of the molecule is Cc1cn(C[C@H]2CO[C@@H](CP(=O)(OC(C)C)OC(C)C)O2)c(=O)[nH]c1=O. The van der Waals surface area contributed by atoms with Crippen LogP contribution in [-0.4, -0.2) is 46.9 Å². The van der Waals surface area contributed by atoms with Gasteiger partial charge in [-0.05, 0) is 34.6 Å². The quantitative estimate of drug-likeness (QED) is 0.672. The zero-order valence-electron chi connectivity index (χ0n) is 15.8. The van der Waals surface area contributed by atoms with E-state index in [2.05, 4.69) is 4.98 Å². The molecule has 0 saturated carbocycles. The monoisotopic (exact) mass is 390 g/mol. The Bertz CT molecular complexity index is 757. The molecule has 0 bridgehead atoms. The second kappa shape index (κ2) is 8.63. The maximum atomic E-state index is 12.9. The molecule has 1 aromatic rings. The van der Waals surface area contributed by atoms with Gasteiger partial charge < -0.3 is 18.5 Å². The van der Waals surface area contributed by atoms with Gasteiger partial charge in [0, 0.05) is 11.8 Å². The molecule has 0 unspecified atom stereocenters.